The minimum absolute atomic E-state index is 0. The summed E-state index contributed by atoms with van der Waals surface area (Å²) in [5, 5.41) is 10.7. The Hall–Kier alpha value is -9.49. The average Bonchev–Trinajstić information content (AvgIpc) is 0.775. The van der Waals surface area contributed by atoms with Crippen LogP contribution in [0.15, 0.2) is 256 Å². The van der Waals surface area contributed by atoms with Crippen molar-refractivity contribution < 1.29 is 104 Å². The first-order valence-electron chi connectivity index (χ1n) is 32.8. The molecule has 5 heterocycles. The van der Waals surface area contributed by atoms with E-state index >= 15 is 13.6 Å². The van der Waals surface area contributed by atoms with Gasteiger partial charge in [-0.25, -0.2) is 28.2 Å². The molecule has 20 nitrogen and oxygen atoms in total. The monoisotopic (exact) mass is 1580 g/mol. The Labute approximate surface area is 627 Å². The summed E-state index contributed by atoms with van der Waals surface area (Å²) < 4.78 is 92.0. The van der Waals surface area contributed by atoms with Crippen molar-refractivity contribution in [3.63, 3.8) is 0 Å². The van der Waals surface area contributed by atoms with E-state index in [4.69, 9.17) is 57.0 Å². The van der Waals surface area contributed by atoms with Gasteiger partial charge >= 0.3 is 11.9 Å². The van der Waals surface area contributed by atoms with Crippen molar-refractivity contribution >= 4 is 72.9 Å². The van der Waals surface area contributed by atoms with Gasteiger partial charge in [0.1, 0.15) is 35.0 Å². The van der Waals surface area contributed by atoms with Crippen molar-refractivity contribution in [1.29, 1.82) is 0 Å². The third-order valence-electron chi connectivity index (χ3n) is 16.8. The molecule has 0 spiro atoms. The van der Waals surface area contributed by atoms with Crippen LogP contribution in [-0.2, 0) is 81.8 Å². The number of carbonyl (C=O) groups is 4. The highest BCUT2D eigenvalue weighted by Crippen LogP contribution is 2.44. The number of hydrogen-bond acceptors (Lipinski definition) is 19. The number of ether oxygens (including phenoxy) is 9. The lowest BCUT2D eigenvalue weighted by atomic mass is 9.77. The lowest BCUT2D eigenvalue weighted by Crippen LogP contribution is -3.00. The fourth-order valence-corrected chi connectivity index (χ4v) is 15.3. The van der Waals surface area contributed by atoms with Crippen LogP contribution in [0, 0.1) is 11.6 Å². The van der Waals surface area contributed by atoms with Gasteiger partial charge in [-0.15, -0.1) is 11.8 Å². The van der Waals surface area contributed by atoms with Crippen LogP contribution in [0.2, 0.25) is 0 Å². The highest BCUT2D eigenvalue weighted by atomic mass is 127. The molecule has 0 aliphatic carbocycles. The van der Waals surface area contributed by atoms with Crippen molar-refractivity contribution in [1.82, 2.24) is 15.5 Å². The number of benzene rings is 7. The quantitative estimate of drug-likeness (QED) is 0.00572. The third-order valence-corrected chi connectivity index (χ3v) is 20.4. The van der Waals surface area contributed by atoms with Crippen LogP contribution < -0.4 is 53.4 Å². The van der Waals surface area contributed by atoms with Crippen LogP contribution in [0.1, 0.15) is 57.6 Å². The Morgan fingerprint density at radius 3 is 1.94 bits per heavy atom. The Bertz CT molecular complexity index is 4470. The summed E-state index contributed by atoms with van der Waals surface area (Å²) >= 11 is 3.00. The zero-order chi connectivity index (χ0) is 71.5. The van der Waals surface area contributed by atoms with E-state index in [-0.39, 0.29) is 73.6 Å². The van der Waals surface area contributed by atoms with Gasteiger partial charge in [0.15, 0.2) is 49.2 Å². The Morgan fingerprint density at radius 2 is 1.35 bits per heavy atom. The molecule has 0 bridgehead atoms. The number of nitrogens with zero attached hydrogens (tertiary/aromatic N) is 4. The number of methoxy groups -OCH3 is 3. The number of carbonyl (C=O) groups excluding carboxylic acids is 4. The van der Waals surface area contributed by atoms with Crippen molar-refractivity contribution in [2.24, 2.45) is 9.52 Å². The number of β-lactam (4-membered cyclic amide) rings is 1. The molecule has 12 rings (SSSR count). The number of aliphatic imine (C=N–C) groups is 1. The molecule has 9 aromatic rings. The number of nitrogens with one attached hydrogen (secondary N) is 2. The zero-order valence-electron chi connectivity index (χ0n) is 56.7. The molecule has 2 amide bonds. The summed E-state index contributed by atoms with van der Waals surface area (Å²) in [5.74, 6) is -6.14. The summed E-state index contributed by atoms with van der Waals surface area (Å²) in [4.78, 5) is 73.2. The molecule has 104 heavy (non-hydrogen) atoms. The number of esters is 2. The molecule has 3 aliphatic heterocycles. The highest BCUT2D eigenvalue weighted by Gasteiger charge is 2.54. The number of fused-ring (bicyclic) bond motifs is 2. The fourth-order valence-electron chi connectivity index (χ4n) is 11.8. The molecular weight excluding hydrogens is 1510 g/mol. The van der Waals surface area contributed by atoms with Gasteiger partial charge in [0.2, 0.25) is 23.5 Å². The smallest absolute Gasteiger partial charge is 0.355 e. The second-order valence-corrected chi connectivity index (χ2v) is 26.8. The molecule has 0 saturated carbocycles. The first-order chi connectivity index (χ1) is 50.5. The second kappa shape index (κ2) is 36.8. The molecular formula is C78H73F2IN6O14S3. The minimum atomic E-state index is -2.21. The van der Waals surface area contributed by atoms with Gasteiger partial charge in [0.05, 0.1) is 51.0 Å². The largest absolute Gasteiger partial charge is 1.00 e. The van der Waals surface area contributed by atoms with Gasteiger partial charge in [-0.1, -0.05) is 186 Å². The summed E-state index contributed by atoms with van der Waals surface area (Å²) in [6, 6.07) is 59.2. The molecule has 0 radical (unpaired) electrons. The van der Waals surface area contributed by atoms with E-state index in [9.17, 15) is 14.4 Å². The van der Waals surface area contributed by atoms with Crippen molar-refractivity contribution in [2.75, 3.05) is 67.1 Å². The molecule has 1 fully saturated rings. The molecule has 4 atom stereocenters. The topological polar surface area (TPSA) is 216 Å². The molecule has 2 N–H and O–H groups in total. The molecule has 7 aromatic carbocycles. The second-order valence-electron chi connectivity index (χ2n) is 23.4. The standard InChI is InChI=1S/C78H72F2N6O14S3.HI/c1-91-40-42-94-50-97-70-63(79)46-62(65(80)71(70)98-51-95-43-41-92-2)69(76(90)99-68(53-21-9-4-10-22-53)54-23-11-5-12-24-54)100-84-103-49-60(81-77(103)83-78(57-27-13-6-14-28-57,58-29-15-7-16-30-58)59-31-17-8-18-32-59)45-64(87)82-66-72(88)86-67(75(89)96-47-52-33-35-61(93-3)36-34-52)56(48-102-74(66)86)26-20-39-85-38-19-25-55-37-44-101-73(55)85;/h4-38,44,46,49,66,68-69,74H,39-43,45,47-48,50-51H2,1-3H3,(H-,81,82,83,87);1H/t66-,69?,74?,103?;/m0./s1. The van der Waals surface area contributed by atoms with Gasteiger partial charge in [0, 0.05) is 47.7 Å². The first kappa shape index (κ1) is 75.7. The van der Waals surface area contributed by atoms with Crippen LogP contribution in [0.5, 0.6) is 17.2 Å². The van der Waals surface area contributed by atoms with E-state index in [1.807, 2.05) is 133 Å². The number of thiophene rings is 1. The Kier molecular flexibility index (Phi) is 26.8. The predicted octanol–water partition coefficient (Wildman–Crippen LogP) is 9.42. The zero-order valence-corrected chi connectivity index (χ0v) is 61.3. The molecule has 3 unspecified atom stereocenters. The van der Waals surface area contributed by atoms with E-state index in [0.717, 1.165) is 33.0 Å². The molecule has 26 heteroatoms. The molecule has 2 aromatic heterocycles. The van der Waals surface area contributed by atoms with Crippen molar-refractivity contribution in [2.45, 2.75) is 48.7 Å². The van der Waals surface area contributed by atoms with Crippen molar-refractivity contribution in [3.8, 4) is 17.2 Å². The van der Waals surface area contributed by atoms with Crippen LogP contribution in [-0.4, -0.2) is 112 Å². The summed E-state index contributed by atoms with van der Waals surface area (Å²) in [6.45, 7) is -0.400. The maximum atomic E-state index is 17.9. The van der Waals surface area contributed by atoms with Crippen LogP contribution in [0.4, 0.5) is 8.78 Å². The summed E-state index contributed by atoms with van der Waals surface area (Å²) in [7, 11) is 2.73. The number of hydrogen-bond donors (Lipinski definition) is 2. The number of amidine groups is 1. The van der Waals surface area contributed by atoms with E-state index in [1.165, 1.54) is 30.9 Å². The molecule has 1 saturated heterocycles. The van der Waals surface area contributed by atoms with E-state index < -0.39 is 112 Å². The Morgan fingerprint density at radius 1 is 0.750 bits per heavy atom. The number of allylic oxidation sites excluding steroid dienone is 2. The number of halogens is 3. The van der Waals surface area contributed by atoms with Gasteiger partial charge in [-0.2, -0.15) is 4.57 Å². The van der Waals surface area contributed by atoms with Gasteiger partial charge in [-0.3, -0.25) is 14.5 Å². The van der Waals surface area contributed by atoms with Crippen LogP contribution >= 0.6 is 23.1 Å². The van der Waals surface area contributed by atoms with Crippen molar-refractivity contribution in [3.05, 3.63) is 297 Å². The summed E-state index contributed by atoms with van der Waals surface area (Å²) in [6.07, 6.45) is 2.00. The maximum Gasteiger partial charge on any atom is 0.355 e. The SMILES string of the molecule is COCCOCOc1c(F)cc(C(ON=S2C=C(CC(=O)N[C@H]3C(=O)N4C(C(=O)OCc5ccc(OC)cc5)=C(C=CC[n+]5cccc6ccsc65)CSC34)N=C2NC(c2ccccc2)(c2ccccc2)c2ccccc2)C(=O)OC(c2ccccc2)c2ccccc2)c(F)c1OCOCCOC.[I-]. The highest BCUT2D eigenvalue weighted by molar-refractivity contribution is 8.05. The number of rotatable bonds is 33. The molecule has 3 aliphatic rings. The maximum absolute atomic E-state index is 17.9. The minimum Gasteiger partial charge on any atom is -1.00 e. The summed E-state index contributed by atoms with van der Waals surface area (Å²) in [5.41, 5.74) is 2.83. The van der Waals surface area contributed by atoms with E-state index in [1.54, 1.807) is 109 Å². The molecule has 538 valence electrons. The number of aromatic nitrogens is 1. The fraction of sp³-hybridized carbons (Fsp3) is 0.231. The van der Waals surface area contributed by atoms with Gasteiger partial charge in [0.25, 0.3) is 10.7 Å². The number of amides is 2. The van der Waals surface area contributed by atoms with Gasteiger partial charge in [-0.05, 0) is 80.7 Å². The lowest BCUT2D eigenvalue weighted by Gasteiger charge is -2.49. The van der Waals surface area contributed by atoms with E-state index in [0.29, 0.717) is 40.3 Å². The van der Waals surface area contributed by atoms with Crippen LogP contribution in [0.25, 0.3) is 10.2 Å². The van der Waals surface area contributed by atoms with E-state index in [2.05, 4.69) is 15.2 Å². The average molecular weight is 1580 g/mol. The first-order valence-corrected chi connectivity index (χ1v) is 36.0. The lowest BCUT2D eigenvalue weighted by molar-refractivity contribution is -0.658. The predicted molar refractivity (Wildman–Crippen MR) is 386 cm³/mol. The van der Waals surface area contributed by atoms with Gasteiger partial charge < -0.3 is 77.2 Å². The number of thioether (sulfide) groups is 1. The van der Waals surface area contributed by atoms with Crippen LogP contribution in [0.3, 0.4) is 0 Å². The Balaban J connectivity index is 0.0000108. The normalized spacial score (nSPS) is 15.9. The number of pyridine rings is 1. The third kappa shape index (κ3) is 17.8.